The molecule has 1 saturated carbocycles. The zero-order chi connectivity index (χ0) is 13.8. The summed E-state index contributed by atoms with van der Waals surface area (Å²) in [5, 5.41) is 21.5. The summed E-state index contributed by atoms with van der Waals surface area (Å²) in [5.41, 5.74) is 0.655. The first-order valence-electron chi connectivity index (χ1n) is 6.48. The average Bonchev–Trinajstić information content (AvgIpc) is 2.76. The van der Waals surface area contributed by atoms with Crippen LogP contribution in [0.3, 0.4) is 0 Å². The molecular weight excluding hydrogens is 249 g/mol. The Morgan fingerprint density at radius 2 is 2.16 bits per heavy atom. The number of aliphatic carboxylic acids is 1. The Kier molecular flexibility index (Phi) is 4.37. The molecule has 2 unspecified atom stereocenters. The van der Waals surface area contributed by atoms with Gasteiger partial charge in [-0.25, -0.2) is 4.39 Å². The van der Waals surface area contributed by atoms with Crippen molar-refractivity contribution in [3.05, 3.63) is 29.6 Å². The van der Waals surface area contributed by atoms with Crippen LogP contribution in [0.25, 0.3) is 0 Å². The third-order valence-electron chi connectivity index (χ3n) is 3.65. The largest absolute Gasteiger partial charge is 0.508 e. The van der Waals surface area contributed by atoms with Gasteiger partial charge in [-0.05, 0) is 43.0 Å². The lowest BCUT2D eigenvalue weighted by atomic mass is 9.96. The molecule has 0 heterocycles. The third kappa shape index (κ3) is 3.67. The SMILES string of the molecule is O=C(O)C1CCCC1CNCc1cc(O)cc(F)c1. The topological polar surface area (TPSA) is 69.6 Å². The first-order valence-corrected chi connectivity index (χ1v) is 6.48. The van der Waals surface area contributed by atoms with Crippen molar-refractivity contribution in [2.45, 2.75) is 25.8 Å². The van der Waals surface area contributed by atoms with Crippen molar-refractivity contribution in [2.75, 3.05) is 6.54 Å². The number of carboxylic acids is 1. The van der Waals surface area contributed by atoms with Gasteiger partial charge in [0.05, 0.1) is 5.92 Å². The van der Waals surface area contributed by atoms with E-state index in [1.54, 1.807) is 0 Å². The monoisotopic (exact) mass is 267 g/mol. The molecule has 0 bridgehead atoms. The van der Waals surface area contributed by atoms with Gasteiger partial charge in [0, 0.05) is 12.6 Å². The number of nitrogens with one attached hydrogen (secondary N) is 1. The van der Waals surface area contributed by atoms with E-state index in [1.807, 2.05) is 0 Å². The van der Waals surface area contributed by atoms with E-state index < -0.39 is 11.8 Å². The number of hydrogen-bond acceptors (Lipinski definition) is 3. The van der Waals surface area contributed by atoms with Crippen LogP contribution in [0.5, 0.6) is 5.75 Å². The number of halogens is 1. The van der Waals surface area contributed by atoms with Crippen LogP contribution in [0.2, 0.25) is 0 Å². The summed E-state index contributed by atoms with van der Waals surface area (Å²) in [6.45, 7) is 1.03. The van der Waals surface area contributed by atoms with E-state index in [4.69, 9.17) is 5.11 Å². The van der Waals surface area contributed by atoms with Gasteiger partial charge in [0.15, 0.2) is 0 Å². The zero-order valence-electron chi connectivity index (χ0n) is 10.6. The van der Waals surface area contributed by atoms with Crippen LogP contribution in [-0.2, 0) is 11.3 Å². The van der Waals surface area contributed by atoms with E-state index in [0.717, 1.165) is 25.3 Å². The fraction of sp³-hybridized carbons (Fsp3) is 0.500. The van der Waals surface area contributed by atoms with Crippen molar-refractivity contribution in [2.24, 2.45) is 11.8 Å². The molecule has 1 aromatic carbocycles. The quantitative estimate of drug-likeness (QED) is 0.764. The first-order chi connectivity index (χ1) is 9.06. The van der Waals surface area contributed by atoms with Gasteiger partial charge in [0.1, 0.15) is 11.6 Å². The molecule has 104 valence electrons. The standard InChI is InChI=1S/C14H18FNO3/c15-11-4-9(5-12(17)6-11)7-16-8-10-2-1-3-13(10)14(18)19/h4-6,10,13,16-17H,1-3,7-8H2,(H,18,19). The molecule has 0 aliphatic heterocycles. The molecule has 4 nitrogen and oxygen atoms in total. The molecule has 1 aliphatic rings. The number of carboxylic acid groups (broad SMARTS) is 1. The number of rotatable bonds is 5. The van der Waals surface area contributed by atoms with Gasteiger partial charge in [-0.3, -0.25) is 4.79 Å². The zero-order valence-corrected chi connectivity index (χ0v) is 10.6. The summed E-state index contributed by atoms with van der Waals surface area (Å²) in [6.07, 6.45) is 2.60. The Labute approximate surface area is 111 Å². The molecule has 3 N–H and O–H groups in total. The Morgan fingerprint density at radius 3 is 2.84 bits per heavy atom. The summed E-state index contributed by atoms with van der Waals surface area (Å²) in [4.78, 5) is 11.0. The minimum Gasteiger partial charge on any atom is -0.508 e. The predicted octanol–water partition coefficient (Wildman–Crippen LogP) is 2.12. The Bertz CT molecular complexity index is 444. The molecule has 1 aliphatic carbocycles. The van der Waals surface area contributed by atoms with E-state index in [2.05, 4.69) is 5.32 Å². The molecule has 1 fully saturated rings. The van der Waals surface area contributed by atoms with Crippen molar-refractivity contribution >= 4 is 5.97 Å². The fourth-order valence-electron chi connectivity index (χ4n) is 2.74. The van der Waals surface area contributed by atoms with Crippen LogP contribution < -0.4 is 5.32 Å². The minimum atomic E-state index is -0.729. The highest BCUT2D eigenvalue weighted by atomic mass is 19.1. The Balaban J connectivity index is 1.84. The molecule has 0 amide bonds. The van der Waals surface area contributed by atoms with Gasteiger partial charge in [-0.15, -0.1) is 0 Å². The lowest BCUT2D eigenvalue weighted by molar-refractivity contribution is -0.142. The van der Waals surface area contributed by atoms with Gasteiger partial charge >= 0.3 is 5.97 Å². The molecule has 0 saturated heterocycles. The van der Waals surface area contributed by atoms with E-state index in [-0.39, 0.29) is 17.6 Å². The summed E-state index contributed by atoms with van der Waals surface area (Å²) in [5.74, 6) is -1.43. The number of benzene rings is 1. The average molecular weight is 267 g/mol. The Hall–Kier alpha value is -1.62. The van der Waals surface area contributed by atoms with Crippen molar-refractivity contribution in [3.63, 3.8) is 0 Å². The van der Waals surface area contributed by atoms with Gasteiger partial charge in [0.25, 0.3) is 0 Å². The van der Waals surface area contributed by atoms with Crippen molar-refractivity contribution < 1.29 is 19.4 Å². The van der Waals surface area contributed by atoms with E-state index in [0.29, 0.717) is 18.7 Å². The lowest BCUT2D eigenvalue weighted by Crippen LogP contribution is -2.28. The fourth-order valence-corrected chi connectivity index (χ4v) is 2.74. The molecule has 2 atom stereocenters. The molecule has 1 aromatic rings. The number of aromatic hydroxyl groups is 1. The molecule has 5 heteroatoms. The summed E-state index contributed by atoms with van der Waals surface area (Å²) in [6, 6.07) is 3.91. The molecule has 19 heavy (non-hydrogen) atoms. The highest BCUT2D eigenvalue weighted by Crippen LogP contribution is 2.31. The maximum Gasteiger partial charge on any atom is 0.306 e. The van der Waals surface area contributed by atoms with Crippen molar-refractivity contribution in [3.8, 4) is 5.75 Å². The number of phenols is 1. The lowest BCUT2D eigenvalue weighted by Gasteiger charge is -2.16. The van der Waals surface area contributed by atoms with E-state index >= 15 is 0 Å². The van der Waals surface area contributed by atoms with Crippen LogP contribution in [0.4, 0.5) is 4.39 Å². The summed E-state index contributed by atoms with van der Waals surface area (Å²) in [7, 11) is 0. The third-order valence-corrected chi connectivity index (χ3v) is 3.65. The molecule has 0 aromatic heterocycles. The van der Waals surface area contributed by atoms with Crippen LogP contribution in [0.15, 0.2) is 18.2 Å². The second-order valence-electron chi connectivity index (χ2n) is 5.08. The van der Waals surface area contributed by atoms with Crippen molar-refractivity contribution in [1.29, 1.82) is 0 Å². The minimum absolute atomic E-state index is 0.0962. The predicted molar refractivity (Wildman–Crippen MR) is 68.2 cm³/mol. The molecular formula is C14H18FNO3. The highest BCUT2D eigenvalue weighted by molar-refractivity contribution is 5.70. The number of hydrogen-bond donors (Lipinski definition) is 3. The van der Waals surface area contributed by atoms with Crippen LogP contribution in [0.1, 0.15) is 24.8 Å². The smallest absolute Gasteiger partial charge is 0.306 e. The van der Waals surface area contributed by atoms with Crippen molar-refractivity contribution in [1.82, 2.24) is 5.32 Å². The Morgan fingerprint density at radius 1 is 1.37 bits per heavy atom. The number of carbonyl (C=O) groups is 1. The van der Waals surface area contributed by atoms with Crippen LogP contribution in [0, 0.1) is 17.7 Å². The van der Waals surface area contributed by atoms with Gasteiger partial charge in [-0.2, -0.15) is 0 Å². The maximum atomic E-state index is 13.1. The van der Waals surface area contributed by atoms with E-state index in [1.165, 1.54) is 12.1 Å². The summed E-state index contributed by atoms with van der Waals surface area (Å²) < 4.78 is 13.1. The normalized spacial score (nSPS) is 22.6. The van der Waals surface area contributed by atoms with Gasteiger partial charge in [0.2, 0.25) is 0 Å². The second-order valence-corrected chi connectivity index (χ2v) is 5.08. The molecule has 0 radical (unpaired) electrons. The van der Waals surface area contributed by atoms with Crippen LogP contribution in [-0.4, -0.2) is 22.7 Å². The molecule has 0 spiro atoms. The van der Waals surface area contributed by atoms with E-state index in [9.17, 15) is 14.3 Å². The highest BCUT2D eigenvalue weighted by Gasteiger charge is 2.32. The van der Waals surface area contributed by atoms with Gasteiger partial charge < -0.3 is 15.5 Å². The second kappa shape index (κ2) is 6.02. The molecule has 2 rings (SSSR count). The first kappa shape index (κ1) is 13.8. The van der Waals surface area contributed by atoms with Gasteiger partial charge in [-0.1, -0.05) is 6.42 Å². The maximum absolute atomic E-state index is 13.1. The van der Waals surface area contributed by atoms with Crippen LogP contribution >= 0.6 is 0 Å². The summed E-state index contributed by atoms with van der Waals surface area (Å²) >= 11 is 0. The number of phenolic OH excluding ortho intramolecular Hbond substituents is 1.